The van der Waals surface area contributed by atoms with Crippen molar-refractivity contribution in [3.05, 3.63) is 22.7 Å². The second kappa shape index (κ2) is 4.68. The predicted molar refractivity (Wildman–Crippen MR) is 63.6 cm³/mol. The van der Waals surface area contributed by atoms with E-state index in [1.165, 1.54) is 0 Å². The number of hydrogen-bond acceptors (Lipinski definition) is 3. The highest BCUT2D eigenvalue weighted by Gasteiger charge is 2.35. The largest absolute Gasteiger partial charge is 0.367 e. The predicted octanol–water partition coefficient (Wildman–Crippen LogP) is 3.11. The number of hydrogen-bond donors (Lipinski definition) is 0. The molecule has 1 atom stereocenters. The topological polar surface area (TPSA) is 35.0 Å². The molecule has 0 aliphatic carbocycles. The van der Waals surface area contributed by atoms with E-state index in [2.05, 4.69) is 16.9 Å². The van der Waals surface area contributed by atoms with Crippen molar-refractivity contribution in [1.82, 2.24) is 9.97 Å². The van der Waals surface area contributed by atoms with Crippen LogP contribution in [0.25, 0.3) is 0 Å². The highest BCUT2D eigenvalue weighted by atomic mass is 35.5. The fourth-order valence-corrected chi connectivity index (χ4v) is 2.25. The summed E-state index contributed by atoms with van der Waals surface area (Å²) in [5.74, 6) is 0.737. The molecule has 88 valence electrons. The van der Waals surface area contributed by atoms with E-state index in [-0.39, 0.29) is 5.60 Å². The Morgan fingerprint density at radius 1 is 1.50 bits per heavy atom. The quantitative estimate of drug-likeness (QED) is 0.762. The zero-order valence-electron chi connectivity index (χ0n) is 9.79. The van der Waals surface area contributed by atoms with Gasteiger partial charge in [0.1, 0.15) is 10.8 Å². The Labute approximate surface area is 101 Å². The number of rotatable bonds is 3. The van der Waals surface area contributed by atoms with Crippen LogP contribution in [0.15, 0.2) is 6.07 Å². The molecule has 3 nitrogen and oxygen atoms in total. The van der Waals surface area contributed by atoms with Crippen molar-refractivity contribution in [3.8, 4) is 0 Å². The van der Waals surface area contributed by atoms with Crippen molar-refractivity contribution in [2.75, 3.05) is 6.61 Å². The van der Waals surface area contributed by atoms with Gasteiger partial charge in [0, 0.05) is 12.3 Å². The lowest BCUT2D eigenvalue weighted by Gasteiger charge is -2.21. The van der Waals surface area contributed by atoms with Gasteiger partial charge in [-0.2, -0.15) is 0 Å². The number of ether oxygens (including phenoxy) is 1. The molecule has 4 heteroatoms. The van der Waals surface area contributed by atoms with Gasteiger partial charge in [-0.25, -0.2) is 9.97 Å². The van der Waals surface area contributed by atoms with Gasteiger partial charge < -0.3 is 4.74 Å². The summed E-state index contributed by atoms with van der Waals surface area (Å²) in [5.41, 5.74) is 0.669. The minimum atomic E-state index is -0.340. The minimum Gasteiger partial charge on any atom is -0.367 e. The van der Waals surface area contributed by atoms with Crippen LogP contribution in [0.1, 0.15) is 44.6 Å². The SMILES string of the molecule is CCCc1cc(Cl)nc(C2(C)CCCO2)n1. The highest BCUT2D eigenvalue weighted by molar-refractivity contribution is 6.29. The monoisotopic (exact) mass is 240 g/mol. The van der Waals surface area contributed by atoms with Crippen molar-refractivity contribution >= 4 is 11.6 Å². The number of aromatic nitrogens is 2. The normalized spacial score (nSPS) is 24.9. The van der Waals surface area contributed by atoms with E-state index >= 15 is 0 Å². The number of halogens is 1. The Hall–Kier alpha value is -0.670. The van der Waals surface area contributed by atoms with E-state index in [1.807, 2.05) is 13.0 Å². The Kier molecular flexibility index (Phi) is 3.45. The van der Waals surface area contributed by atoms with Crippen LogP contribution >= 0.6 is 11.6 Å². The molecule has 1 aromatic heterocycles. The third-order valence-corrected chi connectivity index (χ3v) is 3.14. The molecule has 0 amide bonds. The highest BCUT2D eigenvalue weighted by Crippen LogP contribution is 2.34. The van der Waals surface area contributed by atoms with Crippen molar-refractivity contribution in [3.63, 3.8) is 0 Å². The maximum absolute atomic E-state index is 6.02. The van der Waals surface area contributed by atoms with E-state index in [1.54, 1.807) is 0 Å². The summed E-state index contributed by atoms with van der Waals surface area (Å²) in [7, 11) is 0. The first kappa shape index (κ1) is 11.8. The van der Waals surface area contributed by atoms with Crippen LogP contribution in [0.3, 0.4) is 0 Å². The molecule has 16 heavy (non-hydrogen) atoms. The fourth-order valence-electron chi connectivity index (χ4n) is 2.04. The fraction of sp³-hybridized carbons (Fsp3) is 0.667. The summed E-state index contributed by atoms with van der Waals surface area (Å²) >= 11 is 6.02. The van der Waals surface area contributed by atoms with Crippen molar-refractivity contribution in [2.24, 2.45) is 0 Å². The van der Waals surface area contributed by atoms with E-state index in [9.17, 15) is 0 Å². The van der Waals surface area contributed by atoms with Gasteiger partial charge in [0.15, 0.2) is 5.82 Å². The van der Waals surface area contributed by atoms with Gasteiger partial charge >= 0.3 is 0 Å². The summed E-state index contributed by atoms with van der Waals surface area (Å²) in [5, 5.41) is 0.519. The first-order valence-electron chi connectivity index (χ1n) is 5.82. The molecule has 0 aromatic carbocycles. The van der Waals surface area contributed by atoms with E-state index in [0.717, 1.165) is 43.8 Å². The zero-order valence-corrected chi connectivity index (χ0v) is 10.5. The Morgan fingerprint density at radius 3 is 2.94 bits per heavy atom. The van der Waals surface area contributed by atoms with Gasteiger partial charge in [-0.3, -0.25) is 0 Å². The summed E-state index contributed by atoms with van der Waals surface area (Å²) < 4.78 is 5.73. The van der Waals surface area contributed by atoms with Crippen molar-refractivity contribution in [1.29, 1.82) is 0 Å². The molecule has 0 saturated carbocycles. The lowest BCUT2D eigenvalue weighted by atomic mass is 10.0. The third-order valence-electron chi connectivity index (χ3n) is 2.95. The Morgan fingerprint density at radius 2 is 2.31 bits per heavy atom. The minimum absolute atomic E-state index is 0.340. The van der Waals surface area contributed by atoms with Gasteiger partial charge in [0.05, 0.1) is 0 Å². The Bertz CT molecular complexity index is 375. The van der Waals surface area contributed by atoms with Crippen LogP contribution in [0, 0.1) is 0 Å². The lowest BCUT2D eigenvalue weighted by molar-refractivity contribution is 0.00916. The van der Waals surface area contributed by atoms with Crippen molar-refractivity contribution < 1.29 is 4.74 Å². The number of aryl methyl sites for hydroxylation is 1. The van der Waals surface area contributed by atoms with Crippen LogP contribution in [0.2, 0.25) is 5.15 Å². The second-order valence-electron chi connectivity index (χ2n) is 4.44. The second-order valence-corrected chi connectivity index (χ2v) is 4.83. The average Bonchev–Trinajstić information content (AvgIpc) is 2.66. The van der Waals surface area contributed by atoms with Gasteiger partial charge in [-0.15, -0.1) is 0 Å². The molecule has 0 spiro atoms. The van der Waals surface area contributed by atoms with Crippen molar-refractivity contribution in [2.45, 2.75) is 45.1 Å². The van der Waals surface area contributed by atoms with Crippen LogP contribution in [0.4, 0.5) is 0 Å². The molecule has 1 fully saturated rings. The molecule has 1 unspecified atom stereocenters. The smallest absolute Gasteiger partial charge is 0.161 e. The van der Waals surface area contributed by atoms with Gasteiger partial charge in [-0.1, -0.05) is 24.9 Å². The first-order chi connectivity index (χ1) is 7.64. The molecule has 1 aromatic rings. The average molecular weight is 241 g/mol. The maximum atomic E-state index is 6.02. The summed E-state index contributed by atoms with van der Waals surface area (Å²) in [4.78, 5) is 8.86. The van der Waals surface area contributed by atoms with Gasteiger partial charge in [0.25, 0.3) is 0 Å². The molecular formula is C12H17ClN2O. The van der Waals surface area contributed by atoms with Gasteiger partial charge in [-0.05, 0) is 32.3 Å². The number of nitrogens with zero attached hydrogens (tertiary/aromatic N) is 2. The summed E-state index contributed by atoms with van der Waals surface area (Å²) in [6.07, 6.45) is 4.03. The molecule has 1 aliphatic rings. The van der Waals surface area contributed by atoms with Crippen LogP contribution in [-0.2, 0) is 16.8 Å². The maximum Gasteiger partial charge on any atom is 0.161 e. The molecular weight excluding hydrogens is 224 g/mol. The van der Waals surface area contributed by atoms with E-state index in [4.69, 9.17) is 16.3 Å². The Balaban J connectivity index is 2.32. The molecule has 0 N–H and O–H groups in total. The van der Waals surface area contributed by atoms with E-state index in [0.29, 0.717) is 5.15 Å². The molecule has 2 heterocycles. The molecule has 2 rings (SSSR count). The van der Waals surface area contributed by atoms with E-state index < -0.39 is 0 Å². The summed E-state index contributed by atoms with van der Waals surface area (Å²) in [6, 6.07) is 1.84. The molecule has 1 aliphatic heterocycles. The molecule has 0 bridgehead atoms. The molecule has 0 radical (unpaired) electrons. The van der Waals surface area contributed by atoms with Crippen LogP contribution in [-0.4, -0.2) is 16.6 Å². The molecule has 1 saturated heterocycles. The summed E-state index contributed by atoms with van der Waals surface area (Å²) in [6.45, 7) is 4.96. The first-order valence-corrected chi connectivity index (χ1v) is 6.20. The van der Waals surface area contributed by atoms with Gasteiger partial charge in [0.2, 0.25) is 0 Å². The standard InChI is InChI=1S/C12H17ClN2O/c1-3-5-9-8-10(13)15-11(14-9)12(2)6-4-7-16-12/h8H,3-7H2,1-2H3. The van der Waals surface area contributed by atoms with Crippen LogP contribution in [0.5, 0.6) is 0 Å². The zero-order chi connectivity index (χ0) is 11.6. The van der Waals surface area contributed by atoms with Crippen LogP contribution < -0.4 is 0 Å². The third kappa shape index (κ3) is 2.36. The lowest BCUT2D eigenvalue weighted by Crippen LogP contribution is -2.24.